The van der Waals surface area contributed by atoms with Crippen LogP contribution < -0.4 is 0 Å². The fourth-order valence-electron chi connectivity index (χ4n) is 1.98. The van der Waals surface area contributed by atoms with Gasteiger partial charge in [-0.25, -0.2) is 0 Å². The van der Waals surface area contributed by atoms with Crippen molar-refractivity contribution in [1.29, 1.82) is 0 Å². The predicted octanol–water partition coefficient (Wildman–Crippen LogP) is 3.28. The zero-order valence-corrected chi connectivity index (χ0v) is 11.8. The van der Waals surface area contributed by atoms with Gasteiger partial charge in [-0.1, -0.05) is 18.5 Å². The number of aliphatic hydroxyl groups excluding tert-OH is 1. The molecule has 0 aromatic carbocycles. The van der Waals surface area contributed by atoms with Crippen molar-refractivity contribution in [3.63, 3.8) is 0 Å². The summed E-state index contributed by atoms with van der Waals surface area (Å²) in [6.07, 6.45) is -14.4. The quantitative estimate of drug-likeness (QED) is 0.856. The lowest BCUT2D eigenvalue weighted by molar-refractivity contribution is -0.305. The van der Waals surface area contributed by atoms with Crippen LogP contribution in [0.2, 0.25) is 5.02 Å². The number of halogens is 7. The molecule has 0 bridgehead atoms. The number of alkyl halides is 6. The monoisotopic (exact) mass is 338 g/mol. The van der Waals surface area contributed by atoms with Crippen molar-refractivity contribution in [2.45, 2.75) is 38.2 Å². The summed E-state index contributed by atoms with van der Waals surface area (Å²) in [6.45, 7) is 1.68. The van der Waals surface area contributed by atoms with Crippen LogP contribution in [0.15, 0.2) is 0 Å². The number of hydrogen-bond donors (Lipinski definition) is 1. The van der Waals surface area contributed by atoms with Gasteiger partial charge in [0.15, 0.2) is 5.92 Å². The van der Waals surface area contributed by atoms with E-state index < -0.39 is 30.8 Å². The van der Waals surface area contributed by atoms with Gasteiger partial charge in [0.25, 0.3) is 0 Å². The van der Waals surface area contributed by atoms with Crippen molar-refractivity contribution < 1.29 is 31.4 Å². The largest absolute Gasteiger partial charge is 0.403 e. The first-order chi connectivity index (χ1) is 9.39. The summed E-state index contributed by atoms with van der Waals surface area (Å²) in [5, 5.41) is 13.3. The van der Waals surface area contributed by atoms with Crippen LogP contribution in [0, 0.1) is 5.92 Å². The Labute approximate surface area is 121 Å². The van der Waals surface area contributed by atoms with E-state index in [-0.39, 0.29) is 10.7 Å². The van der Waals surface area contributed by atoms with E-state index in [0.717, 1.165) is 4.68 Å². The molecule has 0 aliphatic rings. The molecule has 0 amide bonds. The van der Waals surface area contributed by atoms with Crippen LogP contribution >= 0.6 is 11.6 Å². The van der Waals surface area contributed by atoms with Gasteiger partial charge in [0.2, 0.25) is 0 Å². The molecule has 0 fully saturated rings. The Hall–Kier alpha value is -0.960. The fraction of sp³-hybridized carbons (Fsp3) is 0.727. The first-order valence-corrected chi connectivity index (χ1v) is 6.29. The Morgan fingerprint density at radius 1 is 1.19 bits per heavy atom. The number of nitrogens with zero attached hydrogens (tertiary/aromatic N) is 2. The Morgan fingerprint density at radius 3 is 2.00 bits per heavy atom. The lowest BCUT2D eigenvalue weighted by Gasteiger charge is -2.27. The second-order valence-electron chi connectivity index (χ2n) is 4.52. The zero-order valence-electron chi connectivity index (χ0n) is 11.1. The SMILES string of the molecule is CCc1nn(C)c(CC(O)C(C(F)(F)F)C(F)(F)F)c1Cl. The van der Waals surface area contributed by atoms with Gasteiger partial charge < -0.3 is 5.11 Å². The van der Waals surface area contributed by atoms with E-state index in [1.807, 2.05) is 0 Å². The van der Waals surface area contributed by atoms with Crippen LogP contribution in [-0.2, 0) is 19.9 Å². The van der Waals surface area contributed by atoms with Crippen LogP contribution in [0.3, 0.4) is 0 Å². The summed E-state index contributed by atoms with van der Waals surface area (Å²) in [4.78, 5) is 0. The average molecular weight is 339 g/mol. The molecule has 21 heavy (non-hydrogen) atoms. The Bertz CT molecular complexity index is 482. The number of rotatable bonds is 4. The molecule has 0 radical (unpaired) electrons. The van der Waals surface area contributed by atoms with Crippen LogP contribution in [0.5, 0.6) is 0 Å². The molecule has 1 atom stereocenters. The highest BCUT2D eigenvalue weighted by molar-refractivity contribution is 6.31. The van der Waals surface area contributed by atoms with Crippen LogP contribution in [0.25, 0.3) is 0 Å². The minimum absolute atomic E-state index is 0.0258. The molecule has 1 heterocycles. The van der Waals surface area contributed by atoms with E-state index in [0.29, 0.717) is 12.1 Å². The Balaban J connectivity index is 3.09. The van der Waals surface area contributed by atoms with Gasteiger partial charge in [0.1, 0.15) is 0 Å². The molecule has 0 aliphatic heterocycles. The normalized spacial score (nSPS) is 14.8. The Kier molecular flexibility index (Phi) is 5.20. The van der Waals surface area contributed by atoms with Gasteiger partial charge in [-0.15, -0.1) is 0 Å². The van der Waals surface area contributed by atoms with Crippen LogP contribution in [-0.4, -0.2) is 33.3 Å². The molecule has 1 aromatic rings. The van der Waals surface area contributed by atoms with Gasteiger partial charge in [0.05, 0.1) is 22.5 Å². The summed E-state index contributed by atoms with van der Waals surface area (Å²) in [5.74, 6) is -3.83. The molecule has 1 rings (SSSR count). The van der Waals surface area contributed by atoms with E-state index in [1.54, 1.807) is 6.92 Å². The first kappa shape index (κ1) is 18.1. The van der Waals surface area contributed by atoms with Gasteiger partial charge in [-0.2, -0.15) is 31.4 Å². The maximum Gasteiger partial charge on any atom is 0.403 e. The molecule has 0 saturated carbocycles. The zero-order chi connectivity index (χ0) is 16.6. The maximum absolute atomic E-state index is 12.5. The van der Waals surface area contributed by atoms with Crippen molar-refractivity contribution in [3.8, 4) is 0 Å². The Morgan fingerprint density at radius 2 is 1.67 bits per heavy atom. The highest BCUT2D eigenvalue weighted by Crippen LogP contribution is 2.42. The average Bonchev–Trinajstić information content (AvgIpc) is 2.52. The maximum atomic E-state index is 12.5. The molecule has 0 saturated heterocycles. The number of aryl methyl sites for hydroxylation is 2. The number of aromatic nitrogens is 2. The molecular weight excluding hydrogens is 326 g/mol. The lowest BCUT2D eigenvalue weighted by Crippen LogP contribution is -2.45. The molecule has 122 valence electrons. The molecule has 10 heteroatoms. The van der Waals surface area contributed by atoms with E-state index in [4.69, 9.17) is 11.6 Å². The van der Waals surface area contributed by atoms with Gasteiger partial charge in [0, 0.05) is 13.5 Å². The highest BCUT2D eigenvalue weighted by atomic mass is 35.5. The topological polar surface area (TPSA) is 38.0 Å². The van der Waals surface area contributed by atoms with Crippen molar-refractivity contribution in [2.24, 2.45) is 13.0 Å². The van der Waals surface area contributed by atoms with Crippen molar-refractivity contribution in [3.05, 3.63) is 16.4 Å². The van der Waals surface area contributed by atoms with Gasteiger partial charge in [-0.3, -0.25) is 4.68 Å². The highest BCUT2D eigenvalue weighted by Gasteiger charge is 2.60. The summed E-state index contributed by atoms with van der Waals surface area (Å²) in [5.41, 5.74) is 0.274. The molecule has 1 aromatic heterocycles. The van der Waals surface area contributed by atoms with E-state index in [1.165, 1.54) is 7.05 Å². The third-order valence-corrected chi connectivity index (χ3v) is 3.43. The lowest BCUT2D eigenvalue weighted by atomic mass is 9.97. The van der Waals surface area contributed by atoms with Gasteiger partial charge in [-0.05, 0) is 6.42 Å². The molecule has 1 unspecified atom stereocenters. The molecule has 0 spiro atoms. The summed E-state index contributed by atoms with van der Waals surface area (Å²) < 4.78 is 76.1. The summed E-state index contributed by atoms with van der Waals surface area (Å²) in [7, 11) is 1.34. The van der Waals surface area contributed by atoms with Crippen molar-refractivity contribution in [1.82, 2.24) is 9.78 Å². The summed E-state index contributed by atoms with van der Waals surface area (Å²) in [6, 6.07) is 0. The van der Waals surface area contributed by atoms with Crippen molar-refractivity contribution >= 4 is 11.6 Å². The number of hydrogen-bond acceptors (Lipinski definition) is 2. The molecule has 3 nitrogen and oxygen atoms in total. The smallest absolute Gasteiger partial charge is 0.392 e. The van der Waals surface area contributed by atoms with E-state index in [2.05, 4.69) is 5.10 Å². The third kappa shape index (κ3) is 4.03. The van der Waals surface area contributed by atoms with Crippen LogP contribution in [0.4, 0.5) is 26.3 Å². The minimum Gasteiger partial charge on any atom is -0.392 e. The molecule has 1 N–H and O–H groups in total. The number of aliphatic hydroxyl groups is 1. The van der Waals surface area contributed by atoms with E-state index in [9.17, 15) is 31.4 Å². The third-order valence-electron chi connectivity index (χ3n) is 3.00. The standard InChI is InChI=1S/C11H13ClF6N2O/c1-3-5-8(12)6(20(2)19-5)4-7(21)9(10(13,14)15)11(16,17)18/h7,9,21H,3-4H2,1-2H3. The second-order valence-corrected chi connectivity index (χ2v) is 4.89. The van der Waals surface area contributed by atoms with E-state index >= 15 is 0 Å². The predicted molar refractivity (Wildman–Crippen MR) is 62.9 cm³/mol. The minimum atomic E-state index is -5.60. The first-order valence-electron chi connectivity index (χ1n) is 5.91. The second kappa shape index (κ2) is 6.04. The van der Waals surface area contributed by atoms with Crippen molar-refractivity contribution in [2.75, 3.05) is 0 Å². The molecular formula is C11H13ClF6N2O. The molecule has 0 aliphatic carbocycles. The summed E-state index contributed by atoms with van der Waals surface area (Å²) >= 11 is 5.85. The van der Waals surface area contributed by atoms with Gasteiger partial charge >= 0.3 is 12.4 Å². The fourth-order valence-corrected chi connectivity index (χ4v) is 2.35. The van der Waals surface area contributed by atoms with Crippen LogP contribution in [0.1, 0.15) is 18.3 Å².